The van der Waals surface area contributed by atoms with Crippen molar-refractivity contribution in [1.82, 2.24) is 24.8 Å². The smallest absolute Gasteiger partial charge is 0.404 e. The highest BCUT2D eigenvalue weighted by atomic mass is 28.4. The lowest BCUT2D eigenvalue weighted by molar-refractivity contribution is -0.210. The van der Waals surface area contributed by atoms with E-state index < -0.39 is 84.8 Å². The van der Waals surface area contributed by atoms with E-state index in [9.17, 15) is 37.1 Å². The molecule has 3 rings (SSSR count). The van der Waals surface area contributed by atoms with Gasteiger partial charge in [0.15, 0.2) is 14.4 Å². The molecule has 15 heteroatoms. The van der Waals surface area contributed by atoms with Gasteiger partial charge in [-0.1, -0.05) is 65.0 Å². The zero-order valence-corrected chi connectivity index (χ0v) is 27.6. The minimum absolute atomic E-state index is 0.102. The molecule has 246 valence electrons. The number of halogens is 3. The lowest BCUT2D eigenvalue weighted by atomic mass is 9.98. The van der Waals surface area contributed by atoms with Gasteiger partial charge in [-0.3, -0.25) is 28.3 Å². The molecule has 0 spiro atoms. The predicted molar refractivity (Wildman–Crippen MR) is 167 cm³/mol. The number of hydrogen-bond acceptors (Lipinski definition) is 6. The number of fused-ring (bicyclic) bond motifs is 1. The molecule has 0 fully saturated rings. The number of hydrogen-bond donors (Lipinski definition) is 3. The number of pyridine rings is 1. The second kappa shape index (κ2) is 13.2. The standard InChI is InChI=1S/C30H40F3N5O6Si/c1-17(2)23(25(30(31,32)33)44-45(7,8)29(3,4)5)35-22(40)16-37-20(18-12-10-9-11-13-18)14-19-24(27(37)42)36-28(43)38(26(19)41)15-21(39)34-6/h9-14,17,23,25H,15-16H2,1-8H3,(H,34,39)(H,35,40)(H,36,43). The van der Waals surface area contributed by atoms with Crippen LogP contribution < -0.4 is 27.4 Å². The average molecular weight is 652 g/mol. The highest BCUT2D eigenvalue weighted by Gasteiger charge is 2.52. The minimum atomic E-state index is -4.80. The molecule has 2 heterocycles. The summed E-state index contributed by atoms with van der Waals surface area (Å²) < 4.78 is 50.8. The van der Waals surface area contributed by atoms with E-state index in [-0.39, 0.29) is 11.1 Å². The Kier molecular flexibility index (Phi) is 10.4. The summed E-state index contributed by atoms with van der Waals surface area (Å²) in [7, 11) is -1.62. The summed E-state index contributed by atoms with van der Waals surface area (Å²) in [5.74, 6) is -2.23. The van der Waals surface area contributed by atoms with Gasteiger partial charge in [0.2, 0.25) is 11.8 Å². The van der Waals surface area contributed by atoms with Crippen LogP contribution in [0.4, 0.5) is 13.2 Å². The van der Waals surface area contributed by atoms with Crippen molar-refractivity contribution >= 4 is 31.0 Å². The Balaban J connectivity index is 2.14. The van der Waals surface area contributed by atoms with Crippen molar-refractivity contribution in [3.05, 3.63) is 67.6 Å². The summed E-state index contributed by atoms with van der Waals surface area (Å²) in [6.07, 6.45) is -7.11. The fourth-order valence-corrected chi connectivity index (χ4v) is 5.79. The molecule has 2 amide bonds. The summed E-state index contributed by atoms with van der Waals surface area (Å²) in [6.45, 7) is 10.6. The molecule has 2 atom stereocenters. The number of aromatic nitrogens is 3. The van der Waals surface area contributed by atoms with Gasteiger partial charge >= 0.3 is 11.9 Å². The van der Waals surface area contributed by atoms with E-state index in [1.54, 1.807) is 43.4 Å². The summed E-state index contributed by atoms with van der Waals surface area (Å²) in [4.78, 5) is 67.4. The van der Waals surface area contributed by atoms with E-state index in [4.69, 9.17) is 4.43 Å². The third-order valence-electron chi connectivity index (χ3n) is 8.13. The van der Waals surface area contributed by atoms with E-state index in [0.29, 0.717) is 10.1 Å². The summed E-state index contributed by atoms with van der Waals surface area (Å²) in [6, 6.07) is 8.08. The van der Waals surface area contributed by atoms with Crippen LogP contribution in [0.1, 0.15) is 34.6 Å². The Morgan fingerprint density at radius 1 is 0.956 bits per heavy atom. The van der Waals surface area contributed by atoms with E-state index in [0.717, 1.165) is 4.57 Å². The number of benzene rings is 1. The quantitative estimate of drug-likeness (QED) is 0.287. The van der Waals surface area contributed by atoms with Crippen molar-refractivity contribution in [3.63, 3.8) is 0 Å². The first-order valence-corrected chi connectivity index (χ1v) is 17.3. The SMILES string of the molecule is CNC(=O)Cn1c(=O)[nH]c2c(=O)n(CC(=O)NC(C(C)C)C(O[Si](C)(C)C(C)(C)C)C(F)(F)F)c(-c3ccccc3)cc2c1=O. The Morgan fingerprint density at radius 3 is 2.04 bits per heavy atom. The van der Waals surface area contributed by atoms with Crippen LogP contribution in [0, 0.1) is 5.92 Å². The molecule has 1 aromatic carbocycles. The van der Waals surface area contributed by atoms with Gasteiger partial charge in [0.1, 0.15) is 18.6 Å². The maximum absolute atomic E-state index is 14.5. The number of carbonyl (C=O) groups excluding carboxylic acids is 2. The Hall–Kier alpha value is -3.98. The molecular weight excluding hydrogens is 611 g/mol. The minimum Gasteiger partial charge on any atom is -0.404 e. The summed E-state index contributed by atoms with van der Waals surface area (Å²) in [5.41, 5.74) is -2.74. The fourth-order valence-electron chi connectivity index (χ4n) is 4.52. The Bertz CT molecular complexity index is 1740. The molecule has 0 aliphatic carbocycles. The van der Waals surface area contributed by atoms with Crippen molar-refractivity contribution < 1.29 is 27.2 Å². The van der Waals surface area contributed by atoms with Gasteiger partial charge in [-0.25, -0.2) is 4.79 Å². The third-order valence-corrected chi connectivity index (χ3v) is 12.6. The second-order valence-corrected chi connectivity index (χ2v) is 17.5. The molecule has 2 unspecified atom stereocenters. The van der Waals surface area contributed by atoms with Crippen molar-refractivity contribution in [2.45, 2.75) is 84.2 Å². The normalized spacial score (nSPS) is 14.0. The monoisotopic (exact) mass is 651 g/mol. The molecular formula is C30H40F3N5O6Si. The number of nitrogens with one attached hydrogen (secondary N) is 3. The van der Waals surface area contributed by atoms with Gasteiger partial charge in [-0.05, 0) is 35.7 Å². The summed E-state index contributed by atoms with van der Waals surface area (Å²) in [5, 5.41) is 4.02. The third kappa shape index (κ3) is 7.82. The van der Waals surface area contributed by atoms with Crippen LogP contribution in [0.25, 0.3) is 22.2 Å². The molecule has 0 saturated heterocycles. The molecule has 3 N–H and O–H groups in total. The first kappa shape index (κ1) is 35.5. The highest BCUT2D eigenvalue weighted by molar-refractivity contribution is 6.74. The average Bonchev–Trinajstić information content (AvgIpc) is 2.93. The number of alkyl halides is 3. The molecule has 0 saturated carbocycles. The van der Waals surface area contributed by atoms with Gasteiger partial charge in [-0.2, -0.15) is 13.2 Å². The van der Waals surface area contributed by atoms with Crippen molar-refractivity contribution in [2.24, 2.45) is 5.92 Å². The molecule has 3 aromatic rings. The molecule has 0 bridgehead atoms. The van der Waals surface area contributed by atoms with Gasteiger partial charge in [0.05, 0.1) is 17.1 Å². The van der Waals surface area contributed by atoms with E-state index in [1.807, 2.05) is 20.8 Å². The number of likely N-dealkylation sites (N-methyl/N-ethyl adjacent to an activating group) is 1. The molecule has 0 radical (unpaired) electrons. The zero-order valence-electron chi connectivity index (χ0n) is 26.6. The molecule has 0 aliphatic heterocycles. The van der Waals surface area contributed by atoms with Gasteiger partial charge in [0.25, 0.3) is 11.1 Å². The molecule has 45 heavy (non-hydrogen) atoms. The fraction of sp³-hybridized carbons (Fsp3) is 0.500. The Labute approximate surface area is 258 Å². The Morgan fingerprint density at radius 2 is 1.53 bits per heavy atom. The van der Waals surface area contributed by atoms with Gasteiger partial charge < -0.3 is 20.0 Å². The lowest BCUT2D eigenvalue weighted by Gasteiger charge is -2.42. The highest BCUT2D eigenvalue weighted by Crippen LogP contribution is 2.41. The number of H-pyrrole nitrogens is 1. The predicted octanol–water partition coefficient (Wildman–Crippen LogP) is 3.36. The van der Waals surface area contributed by atoms with Crippen LogP contribution in [0.3, 0.4) is 0 Å². The van der Waals surface area contributed by atoms with Gasteiger partial charge in [0, 0.05) is 7.05 Å². The molecule has 11 nitrogen and oxygen atoms in total. The maximum Gasteiger partial charge on any atom is 0.415 e. The number of nitrogens with zero attached hydrogens (tertiary/aromatic N) is 2. The topological polar surface area (TPSA) is 144 Å². The van der Waals surface area contributed by atoms with Gasteiger partial charge in [-0.15, -0.1) is 0 Å². The maximum atomic E-state index is 14.5. The van der Waals surface area contributed by atoms with Crippen LogP contribution in [0.15, 0.2) is 50.8 Å². The second-order valence-electron chi connectivity index (χ2n) is 12.7. The van der Waals surface area contributed by atoms with Crippen molar-refractivity contribution in [1.29, 1.82) is 0 Å². The van der Waals surface area contributed by atoms with Crippen LogP contribution in [0.5, 0.6) is 0 Å². The van der Waals surface area contributed by atoms with Crippen LogP contribution in [-0.2, 0) is 27.1 Å². The van der Waals surface area contributed by atoms with Crippen molar-refractivity contribution in [3.8, 4) is 11.3 Å². The molecule has 2 aromatic heterocycles. The first-order valence-electron chi connectivity index (χ1n) is 14.4. The number of carbonyl (C=O) groups is 2. The first-order chi connectivity index (χ1) is 20.7. The van der Waals surface area contributed by atoms with E-state index in [1.165, 1.54) is 27.0 Å². The largest absolute Gasteiger partial charge is 0.415 e. The van der Waals surface area contributed by atoms with E-state index in [2.05, 4.69) is 15.6 Å². The van der Waals surface area contributed by atoms with Crippen LogP contribution >= 0.6 is 0 Å². The van der Waals surface area contributed by atoms with E-state index >= 15 is 0 Å². The zero-order chi connectivity index (χ0) is 34.1. The van der Waals surface area contributed by atoms with Crippen LogP contribution in [-0.4, -0.2) is 59.6 Å². The number of aromatic amines is 1. The molecule has 0 aliphatic rings. The van der Waals surface area contributed by atoms with Crippen molar-refractivity contribution in [2.75, 3.05) is 7.05 Å². The number of rotatable bonds is 10. The lowest BCUT2D eigenvalue weighted by Crippen LogP contribution is -2.59. The number of amides is 2. The summed E-state index contributed by atoms with van der Waals surface area (Å²) >= 11 is 0. The van der Waals surface area contributed by atoms with Crippen LogP contribution in [0.2, 0.25) is 18.1 Å².